The van der Waals surface area contributed by atoms with Crippen LogP contribution in [0.15, 0.2) is 66.1 Å². The Labute approximate surface area is 182 Å². The maximum Gasteiger partial charge on any atom is 0.233 e. The zero-order chi connectivity index (χ0) is 20.9. The molecule has 4 rings (SSSR count). The van der Waals surface area contributed by atoms with Crippen molar-refractivity contribution in [3.8, 4) is 0 Å². The molecule has 0 aliphatic rings. The molecule has 0 saturated heterocycles. The summed E-state index contributed by atoms with van der Waals surface area (Å²) in [4.78, 5) is 24.7. The first kappa shape index (κ1) is 20.6. The maximum absolute atomic E-state index is 13.6. The summed E-state index contributed by atoms with van der Waals surface area (Å²) in [6.07, 6.45) is 8.49. The lowest BCUT2D eigenvalue weighted by Gasteiger charge is -2.20. The van der Waals surface area contributed by atoms with E-state index in [1.54, 1.807) is 35.3 Å². The summed E-state index contributed by atoms with van der Waals surface area (Å²) in [5.41, 5.74) is 1.66. The number of aryl methyl sites for hydroxylation is 1. The quantitative estimate of drug-likeness (QED) is 0.361. The van der Waals surface area contributed by atoms with Gasteiger partial charge in [0.2, 0.25) is 5.91 Å². The molecule has 0 unspecified atom stereocenters. The molecule has 2 heterocycles. The molecule has 2 aromatic heterocycles. The molecule has 8 heteroatoms. The van der Waals surface area contributed by atoms with Gasteiger partial charge >= 0.3 is 0 Å². The molecule has 30 heavy (non-hydrogen) atoms. The fourth-order valence-corrected chi connectivity index (χ4v) is 4.61. The minimum atomic E-state index is -0.301. The topological polar surface area (TPSA) is 51.0 Å². The zero-order valence-electron chi connectivity index (χ0n) is 16.5. The van der Waals surface area contributed by atoms with Crippen molar-refractivity contribution < 1.29 is 9.18 Å². The van der Waals surface area contributed by atoms with Crippen molar-refractivity contribution in [1.29, 1.82) is 0 Å². The number of aromatic nitrogens is 3. The Morgan fingerprint density at radius 3 is 2.80 bits per heavy atom. The Kier molecular flexibility index (Phi) is 6.44. The molecule has 4 aromatic rings. The molecule has 0 fully saturated rings. The molecule has 0 saturated carbocycles. The second-order valence-corrected chi connectivity index (χ2v) is 8.72. The lowest BCUT2D eigenvalue weighted by molar-refractivity contribution is -0.118. The van der Waals surface area contributed by atoms with E-state index in [1.165, 1.54) is 23.5 Å². The number of amides is 1. The Balaban J connectivity index is 1.55. The number of hydrogen-bond donors (Lipinski definition) is 0. The highest BCUT2D eigenvalue weighted by atomic mass is 32.2. The highest BCUT2D eigenvalue weighted by Gasteiger charge is 2.20. The standard InChI is InChI=1S/C22H21FN4OS2/c1-29-18-6-3-16(4-7-18)13-21(28)27(11-2-10-26-12-9-24-15-26)22-25-19-8-5-17(23)14-20(19)30-22/h3-9,12,14-15H,2,10-11,13H2,1H3. The first-order chi connectivity index (χ1) is 14.6. The average molecular weight is 441 g/mol. The molecule has 5 nitrogen and oxygen atoms in total. The SMILES string of the molecule is CSc1ccc(CC(=O)N(CCCn2ccnc2)c2nc3ccc(F)cc3s2)cc1. The number of halogens is 1. The number of imidazole rings is 1. The van der Waals surface area contributed by atoms with Gasteiger partial charge < -0.3 is 4.57 Å². The van der Waals surface area contributed by atoms with Crippen molar-refractivity contribution in [3.63, 3.8) is 0 Å². The van der Waals surface area contributed by atoms with Gasteiger partial charge in [0.1, 0.15) is 5.82 Å². The predicted octanol–water partition coefficient (Wildman–Crippen LogP) is 5.02. The summed E-state index contributed by atoms with van der Waals surface area (Å²) in [7, 11) is 0. The molecule has 0 N–H and O–H groups in total. The van der Waals surface area contributed by atoms with E-state index in [0.29, 0.717) is 23.6 Å². The van der Waals surface area contributed by atoms with Gasteiger partial charge in [0.05, 0.1) is 23.0 Å². The van der Waals surface area contributed by atoms with E-state index < -0.39 is 0 Å². The Morgan fingerprint density at radius 1 is 1.23 bits per heavy atom. The number of hydrogen-bond acceptors (Lipinski definition) is 5. The zero-order valence-corrected chi connectivity index (χ0v) is 18.1. The van der Waals surface area contributed by atoms with Crippen molar-refractivity contribution in [3.05, 3.63) is 72.6 Å². The van der Waals surface area contributed by atoms with Crippen molar-refractivity contribution >= 4 is 44.4 Å². The van der Waals surface area contributed by atoms with Gasteiger partial charge in [0, 0.05) is 30.4 Å². The van der Waals surface area contributed by atoms with Gasteiger partial charge in [-0.1, -0.05) is 23.5 Å². The fourth-order valence-electron chi connectivity index (χ4n) is 3.17. The van der Waals surface area contributed by atoms with Crippen molar-refractivity contribution in [2.45, 2.75) is 24.3 Å². The molecule has 0 spiro atoms. The summed E-state index contributed by atoms with van der Waals surface area (Å²) in [6, 6.07) is 12.5. The number of fused-ring (bicyclic) bond motifs is 1. The summed E-state index contributed by atoms with van der Waals surface area (Å²) >= 11 is 3.02. The third-order valence-corrected chi connectivity index (χ3v) is 6.53. The Hall–Kier alpha value is -2.71. The van der Waals surface area contributed by atoms with Crippen molar-refractivity contribution in [2.24, 2.45) is 0 Å². The minimum Gasteiger partial charge on any atom is -0.337 e. The number of benzene rings is 2. The maximum atomic E-state index is 13.6. The highest BCUT2D eigenvalue weighted by molar-refractivity contribution is 7.98. The van der Waals surface area contributed by atoms with Crippen LogP contribution in [0, 0.1) is 5.82 Å². The van der Waals surface area contributed by atoms with E-state index >= 15 is 0 Å². The molecule has 1 amide bonds. The summed E-state index contributed by atoms with van der Waals surface area (Å²) in [6.45, 7) is 1.29. The fraction of sp³-hybridized carbons (Fsp3) is 0.227. The molecule has 0 aliphatic carbocycles. The minimum absolute atomic E-state index is 0.0166. The van der Waals surface area contributed by atoms with Crippen molar-refractivity contribution in [1.82, 2.24) is 14.5 Å². The monoisotopic (exact) mass is 440 g/mol. The lowest BCUT2D eigenvalue weighted by atomic mass is 10.1. The van der Waals surface area contributed by atoms with Crippen LogP contribution in [0.5, 0.6) is 0 Å². The number of nitrogens with zero attached hydrogens (tertiary/aromatic N) is 4. The van der Waals surface area contributed by atoms with Gasteiger partial charge in [-0.2, -0.15) is 0 Å². The average Bonchev–Trinajstić information content (AvgIpc) is 3.41. The van der Waals surface area contributed by atoms with Crippen LogP contribution in [0.2, 0.25) is 0 Å². The smallest absolute Gasteiger partial charge is 0.233 e. The summed E-state index contributed by atoms with van der Waals surface area (Å²) < 4.78 is 16.3. The van der Waals surface area contributed by atoms with Gasteiger partial charge in [-0.15, -0.1) is 11.8 Å². The highest BCUT2D eigenvalue weighted by Crippen LogP contribution is 2.30. The molecule has 0 atom stereocenters. The van der Waals surface area contributed by atoms with Gasteiger partial charge in [-0.05, 0) is 48.6 Å². The number of rotatable bonds is 8. The number of anilines is 1. The van der Waals surface area contributed by atoms with E-state index in [9.17, 15) is 9.18 Å². The van der Waals surface area contributed by atoms with E-state index in [1.807, 2.05) is 41.3 Å². The van der Waals surface area contributed by atoms with Gasteiger partial charge in [0.15, 0.2) is 5.13 Å². The first-order valence-electron chi connectivity index (χ1n) is 9.57. The molecule has 0 radical (unpaired) electrons. The summed E-state index contributed by atoms with van der Waals surface area (Å²) in [5, 5.41) is 0.604. The van der Waals surface area contributed by atoms with Crippen LogP contribution in [-0.2, 0) is 17.8 Å². The van der Waals surface area contributed by atoms with Crippen LogP contribution in [0.3, 0.4) is 0 Å². The third kappa shape index (κ3) is 4.88. The molecule has 0 bridgehead atoms. The summed E-state index contributed by atoms with van der Waals surface area (Å²) in [5.74, 6) is -0.318. The van der Waals surface area contributed by atoms with E-state index in [2.05, 4.69) is 9.97 Å². The third-order valence-electron chi connectivity index (χ3n) is 4.74. The van der Waals surface area contributed by atoms with Crippen LogP contribution < -0.4 is 4.90 Å². The van der Waals surface area contributed by atoms with Crippen LogP contribution in [0.4, 0.5) is 9.52 Å². The van der Waals surface area contributed by atoms with Crippen LogP contribution in [-0.4, -0.2) is 33.2 Å². The number of carbonyl (C=O) groups excluding carboxylic acids is 1. The molecule has 154 valence electrons. The molecular weight excluding hydrogens is 419 g/mol. The van der Waals surface area contributed by atoms with E-state index in [-0.39, 0.29) is 11.7 Å². The van der Waals surface area contributed by atoms with E-state index in [0.717, 1.165) is 28.1 Å². The normalized spacial score (nSPS) is 11.1. The molecule has 2 aromatic carbocycles. The Bertz CT molecular complexity index is 1130. The van der Waals surface area contributed by atoms with Crippen LogP contribution >= 0.6 is 23.1 Å². The van der Waals surface area contributed by atoms with Gasteiger partial charge in [-0.3, -0.25) is 9.69 Å². The second-order valence-electron chi connectivity index (χ2n) is 6.83. The predicted molar refractivity (Wildman–Crippen MR) is 121 cm³/mol. The number of carbonyl (C=O) groups is 1. The largest absolute Gasteiger partial charge is 0.337 e. The second kappa shape index (κ2) is 9.40. The number of thiazole rings is 1. The van der Waals surface area contributed by atoms with Crippen LogP contribution in [0.1, 0.15) is 12.0 Å². The van der Waals surface area contributed by atoms with Crippen molar-refractivity contribution in [2.75, 3.05) is 17.7 Å². The number of thioether (sulfide) groups is 1. The Morgan fingerprint density at radius 2 is 2.07 bits per heavy atom. The van der Waals surface area contributed by atoms with Gasteiger partial charge in [0.25, 0.3) is 0 Å². The lowest BCUT2D eigenvalue weighted by Crippen LogP contribution is -2.33. The van der Waals surface area contributed by atoms with Gasteiger partial charge in [-0.25, -0.2) is 14.4 Å². The first-order valence-corrected chi connectivity index (χ1v) is 11.6. The molecule has 0 aliphatic heterocycles. The van der Waals surface area contributed by atoms with Crippen LogP contribution in [0.25, 0.3) is 10.2 Å². The molecular formula is C22H21FN4OS2. The van der Waals surface area contributed by atoms with E-state index in [4.69, 9.17) is 0 Å².